The van der Waals surface area contributed by atoms with Crippen molar-refractivity contribution in [1.29, 1.82) is 10.8 Å². The van der Waals surface area contributed by atoms with Gasteiger partial charge >= 0.3 is 0 Å². The van der Waals surface area contributed by atoms with E-state index in [1.807, 2.05) is 24.3 Å². The van der Waals surface area contributed by atoms with Crippen molar-refractivity contribution in [2.75, 3.05) is 18.2 Å². The monoisotopic (exact) mass is 438 g/mol. The van der Waals surface area contributed by atoms with Gasteiger partial charge in [0, 0.05) is 18.1 Å². The highest BCUT2D eigenvalue weighted by molar-refractivity contribution is 7.89. The van der Waals surface area contributed by atoms with Crippen molar-refractivity contribution in [3.63, 3.8) is 0 Å². The van der Waals surface area contributed by atoms with E-state index >= 15 is 0 Å². The zero-order valence-electron chi connectivity index (χ0n) is 15.2. The van der Waals surface area contributed by atoms with E-state index in [1.54, 1.807) is 13.0 Å². The molecule has 1 aromatic heterocycles. The first-order valence-corrected chi connectivity index (χ1v) is 11.0. The van der Waals surface area contributed by atoms with E-state index in [9.17, 15) is 8.42 Å². The van der Waals surface area contributed by atoms with E-state index in [2.05, 4.69) is 15.8 Å². The van der Waals surface area contributed by atoms with Gasteiger partial charge in [-0.05, 0) is 30.7 Å². The molecule has 2 heterocycles. The third kappa shape index (κ3) is 3.89. The first-order valence-electron chi connectivity index (χ1n) is 8.18. The van der Waals surface area contributed by atoms with Gasteiger partial charge < -0.3 is 10.7 Å². The zero-order valence-corrected chi connectivity index (χ0v) is 17.5. The summed E-state index contributed by atoms with van der Waals surface area (Å²) in [5.41, 5.74) is 3.48. The molecule has 28 heavy (non-hydrogen) atoms. The minimum absolute atomic E-state index is 0.185. The van der Waals surface area contributed by atoms with Crippen molar-refractivity contribution < 1.29 is 8.42 Å². The lowest BCUT2D eigenvalue weighted by molar-refractivity contribution is 0.424. The number of hydrazone groups is 1. The van der Waals surface area contributed by atoms with Crippen LogP contribution in [-0.2, 0) is 15.6 Å². The molecule has 1 saturated heterocycles. The fourth-order valence-electron chi connectivity index (χ4n) is 2.88. The van der Waals surface area contributed by atoms with Crippen LogP contribution < -0.4 is 10.7 Å². The van der Waals surface area contributed by atoms with Crippen LogP contribution in [0.25, 0.3) is 10.4 Å². The molecule has 1 fully saturated rings. The molecule has 148 valence electrons. The van der Waals surface area contributed by atoms with Crippen LogP contribution in [0.3, 0.4) is 0 Å². The third-order valence-electron chi connectivity index (χ3n) is 4.28. The second kappa shape index (κ2) is 7.53. The number of thiophene rings is 1. The molecule has 3 rings (SSSR count). The predicted molar refractivity (Wildman–Crippen MR) is 115 cm³/mol. The standard InChI is InChI=1S/C17H19ClN6O2S2/c1-17(10-28(25,26)24(2)16(20)22-17)15-13(18)9-14(27-15)11-4-3-5-12(8-11)23-21-7-6-19/h3-9,19,23H,10H2,1-2H3,(H2,20,22)/b19-6?,21-7-/t17-/m0/s1. The summed E-state index contributed by atoms with van der Waals surface area (Å²) in [6.07, 6.45) is 2.40. The number of benzene rings is 1. The van der Waals surface area contributed by atoms with Crippen molar-refractivity contribution in [3.8, 4) is 10.4 Å². The van der Waals surface area contributed by atoms with Gasteiger partial charge in [0.2, 0.25) is 16.0 Å². The normalized spacial score (nSPS) is 21.5. The summed E-state index contributed by atoms with van der Waals surface area (Å²) >= 11 is 7.85. The van der Waals surface area contributed by atoms with Crippen LogP contribution in [-0.4, -0.2) is 43.9 Å². The Kier molecular flexibility index (Phi) is 5.46. The summed E-state index contributed by atoms with van der Waals surface area (Å²) in [5, 5.41) is 22.2. The van der Waals surface area contributed by atoms with Crippen molar-refractivity contribution in [2.45, 2.75) is 12.5 Å². The average Bonchev–Trinajstić information content (AvgIpc) is 3.03. The molecule has 0 unspecified atom stereocenters. The topological polar surface area (TPSA) is 122 Å². The molecule has 2 aromatic rings. The molecule has 1 aliphatic heterocycles. The number of guanidine groups is 1. The Morgan fingerprint density at radius 1 is 1.43 bits per heavy atom. The Morgan fingerprint density at radius 2 is 2.18 bits per heavy atom. The molecule has 1 aromatic carbocycles. The number of anilines is 1. The van der Waals surface area contributed by atoms with Gasteiger partial charge in [0.25, 0.3) is 0 Å². The molecule has 0 radical (unpaired) electrons. The Morgan fingerprint density at radius 3 is 2.86 bits per heavy atom. The van der Waals surface area contributed by atoms with Gasteiger partial charge in [-0.2, -0.15) is 5.10 Å². The molecular weight excluding hydrogens is 420 g/mol. The van der Waals surface area contributed by atoms with Crippen LogP contribution in [0.15, 0.2) is 35.4 Å². The summed E-state index contributed by atoms with van der Waals surface area (Å²) in [5.74, 6) is -0.381. The molecule has 11 heteroatoms. The van der Waals surface area contributed by atoms with E-state index in [1.165, 1.54) is 24.6 Å². The van der Waals surface area contributed by atoms with Crippen LogP contribution in [0, 0.1) is 10.8 Å². The van der Waals surface area contributed by atoms with Gasteiger partial charge in [-0.1, -0.05) is 23.7 Å². The highest BCUT2D eigenvalue weighted by Gasteiger charge is 2.43. The molecule has 0 saturated carbocycles. The van der Waals surface area contributed by atoms with E-state index in [-0.39, 0.29) is 11.7 Å². The van der Waals surface area contributed by atoms with Crippen molar-refractivity contribution in [1.82, 2.24) is 9.62 Å². The first-order chi connectivity index (χ1) is 13.2. The van der Waals surface area contributed by atoms with Crippen molar-refractivity contribution in [2.24, 2.45) is 5.10 Å². The van der Waals surface area contributed by atoms with Gasteiger partial charge in [-0.25, -0.2) is 12.7 Å². The van der Waals surface area contributed by atoms with E-state index in [4.69, 9.17) is 22.4 Å². The minimum Gasteiger partial charge on any atom is -0.344 e. The first kappa shape index (κ1) is 20.3. The second-order valence-corrected chi connectivity index (χ2v) is 9.91. The Hall–Kier alpha value is -2.43. The lowest BCUT2D eigenvalue weighted by atomic mass is 10.0. The van der Waals surface area contributed by atoms with E-state index in [0.717, 1.165) is 26.6 Å². The maximum atomic E-state index is 12.4. The predicted octanol–water partition coefficient (Wildman–Crippen LogP) is 3.13. The molecular formula is C17H19ClN6O2S2. The molecule has 0 aliphatic carbocycles. The molecule has 0 bridgehead atoms. The number of nitrogens with zero attached hydrogens (tertiary/aromatic N) is 2. The summed E-state index contributed by atoms with van der Waals surface area (Å²) in [6, 6.07) is 9.30. The smallest absolute Gasteiger partial charge is 0.239 e. The number of halogens is 1. The fourth-order valence-corrected chi connectivity index (χ4v) is 6.08. The fraction of sp³-hybridized carbons (Fsp3) is 0.235. The molecule has 8 nitrogen and oxygen atoms in total. The quantitative estimate of drug-likeness (QED) is 0.423. The van der Waals surface area contributed by atoms with Crippen LogP contribution in [0.5, 0.6) is 0 Å². The second-order valence-electron chi connectivity index (χ2n) is 6.45. The van der Waals surface area contributed by atoms with E-state index < -0.39 is 15.6 Å². The summed E-state index contributed by atoms with van der Waals surface area (Å²) in [4.78, 5) is 1.52. The lowest BCUT2D eigenvalue weighted by Crippen LogP contribution is -2.60. The highest BCUT2D eigenvalue weighted by atomic mass is 35.5. The van der Waals surface area contributed by atoms with Crippen LogP contribution in [0.1, 0.15) is 11.8 Å². The van der Waals surface area contributed by atoms with Gasteiger partial charge in [0.05, 0.1) is 33.1 Å². The Bertz CT molecular complexity index is 1070. The number of rotatable bonds is 5. The maximum Gasteiger partial charge on any atom is 0.239 e. The van der Waals surface area contributed by atoms with Gasteiger partial charge in [0.15, 0.2) is 0 Å². The summed E-state index contributed by atoms with van der Waals surface area (Å²) in [7, 11) is -2.26. The molecule has 4 N–H and O–H groups in total. The minimum atomic E-state index is -3.61. The summed E-state index contributed by atoms with van der Waals surface area (Å²) in [6.45, 7) is 1.73. The zero-order chi connectivity index (χ0) is 20.5. The van der Waals surface area contributed by atoms with Crippen LogP contribution >= 0.6 is 22.9 Å². The lowest BCUT2D eigenvalue weighted by Gasteiger charge is -2.39. The largest absolute Gasteiger partial charge is 0.344 e. The van der Waals surface area contributed by atoms with Crippen molar-refractivity contribution in [3.05, 3.63) is 40.2 Å². The Balaban J connectivity index is 1.96. The maximum absolute atomic E-state index is 12.4. The SMILES string of the molecule is CN1C(=N)N[C@](C)(c2sc(-c3cccc(N/N=C\C=N)c3)cc2Cl)CS1(=O)=O. The number of sulfonamides is 1. The number of nitrogens with one attached hydrogen (secondary N) is 4. The van der Waals surface area contributed by atoms with Gasteiger partial charge in [0.1, 0.15) is 0 Å². The Labute approximate surface area is 172 Å². The van der Waals surface area contributed by atoms with Crippen LogP contribution in [0.2, 0.25) is 5.02 Å². The van der Waals surface area contributed by atoms with Crippen molar-refractivity contribution >= 4 is 57.0 Å². The number of hydrogen-bond donors (Lipinski definition) is 4. The molecule has 0 amide bonds. The molecule has 1 atom stereocenters. The average molecular weight is 439 g/mol. The molecule has 0 spiro atoms. The summed E-state index contributed by atoms with van der Waals surface area (Å²) < 4.78 is 25.7. The van der Waals surface area contributed by atoms with Gasteiger partial charge in [-0.3, -0.25) is 10.8 Å². The molecule has 1 aliphatic rings. The number of hydrogen-bond acceptors (Lipinski definition) is 7. The highest BCUT2D eigenvalue weighted by Crippen LogP contribution is 2.42. The third-order valence-corrected chi connectivity index (χ3v) is 8.09. The van der Waals surface area contributed by atoms with Crippen LogP contribution in [0.4, 0.5) is 5.69 Å². The van der Waals surface area contributed by atoms with E-state index in [0.29, 0.717) is 9.90 Å². The van der Waals surface area contributed by atoms with Gasteiger partial charge in [-0.15, -0.1) is 11.3 Å².